The molecular weight excluding hydrogens is 252 g/mol. The molecule has 20 heavy (non-hydrogen) atoms. The maximum Gasteiger partial charge on any atom is 0.0615 e. The van der Waals surface area contributed by atoms with Crippen LogP contribution < -0.4 is 5.73 Å². The summed E-state index contributed by atoms with van der Waals surface area (Å²) in [6.45, 7) is 12.1. The monoisotopic (exact) mass is 288 g/mol. The smallest absolute Gasteiger partial charge is 0.0615 e. The first-order chi connectivity index (χ1) is 9.51. The van der Waals surface area contributed by atoms with Crippen molar-refractivity contribution in [2.24, 2.45) is 11.7 Å². The van der Waals surface area contributed by atoms with E-state index in [0.717, 1.165) is 32.6 Å². The van der Waals surface area contributed by atoms with Crippen LogP contribution in [0.4, 0.5) is 0 Å². The number of nitrogens with two attached hydrogens (primary N) is 1. The van der Waals surface area contributed by atoms with E-state index in [1.165, 1.54) is 6.42 Å². The van der Waals surface area contributed by atoms with Gasteiger partial charge in [0.2, 0.25) is 0 Å². The number of rotatable bonds is 12. The SMILES string of the molecule is CCC(C)CC(CC)(CN)N(CCOC)C(C)COC. The summed E-state index contributed by atoms with van der Waals surface area (Å²) in [5.74, 6) is 0.679. The molecule has 0 fully saturated rings. The molecule has 2 N–H and O–H groups in total. The fourth-order valence-electron chi connectivity index (χ4n) is 3.05. The van der Waals surface area contributed by atoms with Crippen molar-refractivity contribution in [2.75, 3.05) is 40.5 Å². The van der Waals surface area contributed by atoms with E-state index >= 15 is 0 Å². The standard InChI is InChI=1S/C16H36N2O2/c1-7-14(3)11-16(8-2,13-17)18(9-10-19-5)15(4)12-20-6/h14-15H,7-13,17H2,1-6H3. The zero-order valence-corrected chi connectivity index (χ0v) is 14.4. The van der Waals surface area contributed by atoms with E-state index < -0.39 is 0 Å². The molecule has 3 atom stereocenters. The highest BCUT2D eigenvalue weighted by Gasteiger charge is 2.37. The summed E-state index contributed by atoms with van der Waals surface area (Å²) in [5, 5.41) is 0. The molecule has 4 heteroatoms. The van der Waals surface area contributed by atoms with Gasteiger partial charge in [-0.05, 0) is 25.7 Å². The maximum absolute atomic E-state index is 6.20. The molecule has 0 aliphatic heterocycles. The molecule has 0 radical (unpaired) electrons. The summed E-state index contributed by atoms with van der Waals surface area (Å²) in [5.41, 5.74) is 6.25. The van der Waals surface area contributed by atoms with Crippen LogP contribution >= 0.6 is 0 Å². The molecule has 3 unspecified atom stereocenters. The molecule has 0 aromatic rings. The lowest BCUT2D eigenvalue weighted by molar-refractivity contribution is -0.0140. The summed E-state index contributed by atoms with van der Waals surface area (Å²) in [4.78, 5) is 2.51. The second-order valence-corrected chi connectivity index (χ2v) is 5.99. The Labute approximate surface area is 126 Å². The van der Waals surface area contributed by atoms with Crippen LogP contribution in [0.1, 0.15) is 47.0 Å². The molecule has 0 aromatic heterocycles. The lowest BCUT2D eigenvalue weighted by Crippen LogP contribution is -2.59. The van der Waals surface area contributed by atoms with Gasteiger partial charge in [0.25, 0.3) is 0 Å². The van der Waals surface area contributed by atoms with E-state index in [-0.39, 0.29) is 5.54 Å². The van der Waals surface area contributed by atoms with Crippen molar-refractivity contribution in [1.29, 1.82) is 0 Å². The molecule has 0 aliphatic rings. The summed E-state index contributed by atoms with van der Waals surface area (Å²) in [7, 11) is 3.51. The van der Waals surface area contributed by atoms with Crippen molar-refractivity contribution in [1.82, 2.24) is 4.90 Å². The average molecular weight is 288 g/mol. The minimum atomic E-state index is 0.0475. The maximum atomic E-state index is 6.20. The summed E-state index contributed by atoms with van der Waals surface area (Å²) < 4.78 is 10.6. The van der Waals surface area contributed by atoms with Gasteiger partial charge in [-0.15, -0.1) is 0 Å². The van der Waals surface area contributed by atoms with Crippen LogP contribution in [0.2, 0.25) is 0 Å². The van der Waals surface area contributed by atoms with Gasteiger partial charge in [-0.25, -0.2) is 0 Å². The molecular formula is C16H36N2O2. The lowest BCUT2D eigenvalue weighted by atomic mass is 9.82. The minimum absolute atomic E-state index is 0.0475. The normalized spacial score (nSPS) is 18.0. The van der Waals surface area contributed by atoms with Crippen molar-refractivity contribution in [2.45, 2.75) is 58.5 Å². The second-order valence-electron chi connectivity index (χ2n) is 5.99. The van der Waals surface area contributed by atoms with Crippen molar-refractivity contribution in [3.8, 4) is 0 Å². The summed E-state index contributed by atoms with van der Waals surface area (Å²) in [6, 6.07) is 0.350. The van der Waals surface area contributed by atoms with Crippen LogP contribution in [0.5, 0.6) is 0 Å². The van der Waals surface area contributed by atoms with Gasteiger partial charge in [0.1, 0.15) is 0 Å². The van der Waals surface area contributed by atoms with Crippen molar-refractivity contribution >= 4 is 0 Å². The van der Waals surface area contributed by atoms with Crippen LogP contribution in [0, 0.1) is 5.92 Å². The number of hydrogen-bond donors (Lipinski definition) is 1. The summed E-state index contributed by atoms with van der Waals surface area (Å²) in [6.07, 6.45) is 3.39. The Morgan fingerprint density at radius 1 is 1.15 bits per heavy atom. The largest absolute Gasteiger partial charge is 0.383 e. The molecule has 0 rings (SSSR count). The van der Waals surface area contributed by atoms with E-state index in [4.69, 9.17) is 15.2 Å². The molecule has 0 saturated carbocycles. The van der Waals surface area contributed by atoms with Gasteiger partial charge in [-0.2, -0.15) is 0 Å². The highest BCUT2D eigenvalue weighted by Crippen LogP contribution is 2.30. The molecule has 0 heterocycles. The van der Waals surface area contributed by atoms with Crippen LogP contribution in [-0.2, 0) is 9.47 Å². The fraction of sp³-hybridized carbons (Fsp3) is 1.00. The van der Waals surface area contributed by atoms with E-state index in [1.54, 1.807) is 14.2 Å². The van der Waals surface area contributed by atoms with Crippen LogP contribution in [0.3, 0.4) is 0 Å². The molecule has 0 bridgehead atoms. The Balaban J connectivity index is 5.15. The van der Waals surface area contributed by atoms with E-state index in [9.17, 15) is 0 Å². The molecule has 0 saturated heterocycles. The van der Waals surface area contributed by atoms with Crippen LogP contribution in [0.25, 0.3) is 0 Å². The summed E-state index contributed by atoms with van der Waals surface area (Å²) >= 11 is 0. The predicted octanol–water partition coefficient (Wildman–Crippen LogP) is 2.51. The number of nitrogens with zero attached hydrogens (tertiary/aromatic N) is 1. The highest BCUT2D eigenvalue weighted by atomic mass is 16.5. The van der Waals surface area contributed by atoms with Gasteiger partial charge < -0.3 is 15.2 Å². The predicted molar refractivity (Wildman–Crippen MR) is 86.1 cm³/mol. The Hall–Kier alpha value is -0.160. The highest BCUT2D eigenvalue weighted by molar-refractivity contribution is 4.94. The van der Waals surface area contributed by atoms with E-state index in [2.05, 4.69) is 32.6 Å². The van der Waals surface area contributed by atoms with Gasteiger partial charge in [0.05, 0.1) is 13.2 Å². The first-order valence-electron chi connectivity index (χ1n) is 7.95. The molecule has 0 amide bonds. The Kier molecular flexibility index (Phi) is 10.5. The van der Waals surface area contributed by atoms with Crippen molar-refractivity contribution in [3.05, 3.63) is 0 Å². The zero-order chi connectivity index (χ0) is 15.6. The van der Waals surface area contributed by atoms with Crippen molar-refractivity contribution in [3.63, 3.8) is 0 Å². The zero-order valence-electron chi connectivity index (χ0n) is 14.4. The van der Waals surface area contributed by atoms with Crippen LogP contribution in [0.15, 0.2) is 0 Å². The third-order valence-electron chi connectivity index (χ3n) is 4.55. The van der Waals surface area contributed by atoms with Crippen LogP contribution in [-0.4, -0.2) is 57.0 Å². The van der Waals surface area contributed by atoms with Gasteiger partial charge in [0, 0.05) is 38.9 Å². The first kappa shape index (κ1) is 19.8. The Morgan fingerprint density at radius 2 is 1.80 bits per heavy atom. The molecule has 0 aromatic carbocycles. The van der Waals surface area contributed by atoms with Gasteiger partial charge in [0.15, 0.2) is 0 Å². The quantitative estimate of drug-likeness (QED) is 0.599. The van der Waals surface area contributed by atoms with Gasteiger partial charge in [-0.1, -0.05) is 27.2 Å². The first-order valence-corrected chi connectivity index (χ1v) is 7.95. The fourth-order valence-corrected chi connectivity index (χ4v) is 3.05. The molecule has 4 nitrogen and oxygen atoms in total. The number of hydrogen-bond acceptors (Lipinski definition) is 4. The minimum Gasteiger partial charge on any atom is -0.383 e. The molecule has 0 spiro atoms. The number of ether oxygens (including phenoxy) is 2. The molecule has 122 valence electrons. The Bertz CT molecular complexity index is 233. The third kappa shape index (κ3) is 5.68. The third-order valence-corrected chi connectivity index (χ3v) is 4.55. The van der Waals surface area contributed by atoms with E-state index in [1.807, 2.05) is 0 Å². The lowest BCUT2D eigenvalue weighted by Gasteiger charge is -2.47. The van der Waals surface area contributed by atoms with E-state index in [0.29, 0.717) is 18.5 Å². The Morgan fingerprint density at radius 3 is 2.20 bits per heavy atom. The van der Waals surface area contributed by atoms with Crippen molar-refractivity contribution < 1.29 is 9.47 Å². The van der Waals surface area contributed by atoms with Gasteiger partial charge in [-0.3, -0.25) is 4.90 Å². The topological polar surface area (TPSA) is 47.7 Å². The molecule has 0 aliphatic carbocycles. The van der Waals surface area contributed by atoms with Gasteiger partial charge >= 0.3 is 0 Å². The second kappa shape index (κ2) is 10.6. The number of methoxy groups -OCH3 is 2. The average Bonchev–Trinajstić information content (AvgIpc) is 2.46.